The summed E-state index contributed by atoms with van der Waals surface area (Å²) in [5.74, 6) is 1.89. The highest BCUT2D eigenvalue weighted by Gasteiger charge is 2.08. The Morgan fingerprint density at radius 1 is 0.696 bits per heavy atom. The van der Waals surface area contributed by atoms with Gasteiger partial charge in [-0.1, -0.05) is 87.4 Å². The third-order valence-corrected chi connectivity index (χ3v) is 3.57. The molecule has 0 saturated carbocycles. The number of hydrogen-bond donors (Lipinski definition) is 0. The Bertz CT molecular complexity index is 566. The van der Waals surface area contributed by atoms with Crippen LogP contribution in [0.4, 0.5) is 0 Å². The fourth-order valence-electron chi connectivity index (χ4n) is 2.31. The number of unbranched alkanes of at least 4 members (excludes halogenated alkanes) is 2. The Hall–Kier alpha value is -2.28. The van der Waals surface area contributed by atoms with Crippen molar-refractivity contribution < 1.29 is 4.74 Å². The van der Waals surface area contributed by atoms with Crippen molar-refractivity contribution in [2.45, 2.75) is 39.5 Å². The molecule has 2 aromatic rings. The van der Waals surface area contributed by atoms with E-state index >= 15 is 0 Å². The van der Waals surface area contributed by atoms with Gasteiger partial charge in [0, 0.05) is 11.1 Å². The minimum absolute atomic E-state index is 0.943. The first-order valence-corrected chi connectivity index (χ1v) is 8.54. The van der Waals surface area contributed by atoms with Crippen LogP contribution in [0.15, 0.2) is 72.8 Å². The lowest BCUT2D eigenvalue weighted by atomic mass is 10.1. The van der Waals surface area contributed by atoms with E-state index in [0.717, 1.165) is 48.3 Å². The third-order valence-electron chi connectivity index (χ3n) is 3.57. The molecule has 0 unspecified atom stereocenters. The minimum atomic E-state index is 0.943. The van der Waals surface area contributed by atoms with E-state index in [4.69, 9.17) is 4.74 Å². The molecule has 23 heavy (non-hydrogen) atoms. The molecule has 0 radical (unpaired) electrons. The smallest absolute Gasteiger partial charge is 0.130 e. The number of allylic oxidation sites excluding steroid dienone is 2. The molecule has 0 aliphatic carbocycles. The second-order valence-electron chi connectivity index (χ2n) is 5.55. The van der Waals surface area contributed by atoms with Crippen LogP contribution in [0.25, 0.3) is 11.5 Å². The van der Waals surface area contributed by atoms with Crippen LogP contribution in [0.5, 0.6) is 0 Å². The lowest BCUT2D eigenvalue weighted by Crippen LogP contribution is -1.94. The summed E-state index contributed by atoms with van der Waals surface area (Å²) < 4.78 is 6.35. The van der Waals surface area contributed by atoms with Gasteiger partial charge in [0.25, 0.3) is 0 Å². The standard InChI is InChI=1S/C22H26O/c1-3-5-17-21(19-13-9-7-10-14-19)23-22(18-6-4-2)20-15-11-8-12-16-20/h7-18H,3-6H2,1-2H3. The van der Waals surface area contributed by atoms with Gasteiger partial charge < -0.3 is 4.74 Å². The van der Waals surface area contributed by atoms with E-state index in [9.17, 15) is 0 Å². The predicted octanol–water partition coefficient (Wildman–Crippen LogP) is 6.69. The molecule has 1 nitrogen and oxygen atoms in total. The quantitative estimate of drug-likeness (QED) is 0.494. The Labute approximate surface area is 140 Å². The Balaban J connectivity index is 2.31. The van der Waals surface area contributed by atoms with E-state index < -0.39 is 0 Å². The lowest BCUT2D eigenvalue weighted by Gasteiger charge is -2.14. The zero-order chi connectivity index (χ0) is 16.3. The zero-order valence-corrected chi connectivity index (χ0v) is 14.2. The van der Waals surface area contributed by atoms with Crippen LogP contribution in [0, 0.1) is 0 Å². The molecule has 2 aromatic carbocycles. The van der Waals surface area contributed by atoms with E-state index in [0.29, 0.717) is 0 Å². The zero-order valence-electron chi connectivity index (χ0n) is 14.2. The van der Waals surface area contributed by atoms with E-state index in [1.54, 1.807) is 0 Å². The topological polar surface area (TPSA) is 9.23 Å². The summed E-state index contributed by atoms with van der Waals surface area (Å²) in [6, 6.07) is 20.7. The molecule has 0 fully saturated rings. The summed E-state index contributed by atoms with van der Waals surface area (Å²) in [6.45, 7) is 4.37. The molecule has 0 amide bonds. The van der Waals surface area contributed by atoms with Crippen molar-refractivity contribution in [1.29, 1.82) is 0 Å². The normalized spacial score (nSPS) is 12.3. The molecular formula is C22H26O. The Kier molecular flexibility index (Phi) is 7.19. The van der Waals surface area contributed by atoms with Crippen molar-refractivity contribution >= 4 is 11.5 Å². The summed E-state index contributed by atoms with van der Waals surface area (Å²) in [4.78, 5) is 0. The van der Waals surface area contributed by atoms with Crippen LogP contribution >= 0.6 is 0 Å². The Morgan fingerprint density at radius 2 is 1.09 bits per heavy atom. The van der Waals surface area contributed by atoms with Crippen LogP contribution in [0.3, 0.4) is 0 Å². The largest absolute Gasteiger partial charge is 0.457 e. The summed E-state index contributed by atoms with van der Waals surface area (Å²) >= 11 is 0. The molecule has 1 heteroatoms. The maximum Gasteiger partial charge on any atom is 0.130 e. The maximum absolute atomic E-state index is 6.35. The van der Waals surface area contributed by atoms with E-state index in [-0.39, 0.29) is 0 Å². The van der Waals surface area contributed by atoms with Gasteiger partial charge in [-0.05, 0) is 25.0 Å². The number of rotatable bonds is 8. The average molecular weight is 306 g/mol. The minimum Gasteiger partial charge on any atom is -0.457 e. The lowest BCUT2D eigenvalue weighted by molar-refractivity contribution is 0.466. The second-order valence-corrected chi connectivity index (χ2v) is 5.55. The fraction of sp³-hybridized carbons (Fsp3) is 0.273. The predicted molar refractivity (Wildman–Crippen MR) is 99.7 cm³/mol. The van der Waals surface area contributed by atoms with E-state index in [2.05, 4.69) is 74.5 Å². The highest BCUT2D eigenvalue weighted by atomic mass is 16.5. The Morgan fingerprint density at radius 3 is 1.43 bits per heavy atom. The highest BCUT2D eigenvalue weighted by molar-refractivity contribution is 5.69. The summed E-state index contributed by atoms with van der Waals surface area (Å²) in [5.41, 5.74) is 2.25. The molecule has 0 N–H and O–H groups in total. The molecule has 0 atom stereocenters. The van der Waals surface area contributed by atoms with Crippen LogP contribution in [-0.2, 0) is 4.74 Å². The molecule has 120 valence electrons. The molecule has 0 bridgehead atoms. The van der Waals surface area contributed by atoms with Crippen molar-refractivity contribution in [2.24, 2.45) is 0 Å². The van der Waals surface area contributed by atoms with Gasteiger partial charge in [0.2, 0.25) is 0 Å². The second kappa shape index (κ2) is 9.68. The van der Waals surface area contributed by atoms with Crippen LogP contribution < -0.4 is 0 Å². The SMILES string of the molecule is CCCC=C(OC(=CCCC)c1ccccc1)c1ccccc1. The molecule has 0 aliphatic heterocycles. The molecule has 0 saturated heterocycles. The first kappa shape index (κ1) is 17.1. The molecule has 0 aromatic heterocycles. The number of benzene rings is 2. The van der Waals surface area contributed by atoms with Gasteiger partial charge in [0.15, 0.2) is 0 Å². The van der Waals surface area contributed by atoms with Gasteiger partial charge in [-0.15, -0.1) is 0 Å². The summed E-state index contributed by atoms with van der Waals surface area (Å²) in [5, 5.41) is 0. The van der Waals surface area contributed by atoms with Gasteiger partial charge in [0.1, 0.15) is 11.5 Å². The van der Waals surface area contributed by atoms with Gasteiger partial charge in [-0.2, -0.15) is 0 Å². The first-order chi connectivity index (χ1) is 11.3. The van der Waals surface area contributed by atoms with Crippen LogP contribution in [0.2, 0.25) is 0 Å². The average Bonchev–Trinajstić information content (AvgIpc) is 2.62. The molecular weight excluding hydrogens is 280 g/mol. The van der Waals surface area contributed by atoms with Gasteiger partial charge in [-0.3, -0.25) is 0 Å². The van der Waals surface area contributed by atoms with Crippen LogP contribution in [-0.4, -0.2) is 0 Å². The van der Waals surface area contributed by atoms with Crippen molar-refractivity contribution in [3.63, 3.8) is 0 Å². The van der Waals surface area contributed by atoms with E-state index in [1.165, 1.54) is 0 Å². The summed E-state index contributed by atoms with van der Waals surface area (Å²) in [7, 11) is 0. The fourth-order valence-corrected chi connectivity index (χ4v) is 2.31. The third kappa shape index (κ3) is 5.45. The monoisotopic (exact) mass is 306 g/mol. The first-order valence-electron chi connectivity index (χ1n) is 8.54. The molecule has 2 rings (SSSR count). The van der Waals surface area contributed by atoms with Gasteiger partial charge >= 0.3 is 0 Å². The highest BCUT2D eigenvalue weighted by Crippen LogP contribution is 2.26. The molecule has 0 spiro atoms. The summed E-state index contributed by atoms with van der Waals surface area (Å²) in [6.07, 6.45) is 8.63. The maximum atomic E-state index is 6.35. The van der Waals surface area contributed by atoms with Crippen molar-refractivity contribution in [1.82, 2.24) is 0 Å². The van der Waals surface area contributed by atoms with Crippen molar-refractivity contribution in [2.75, 3.05) is 0 Å². The van der Waals surface area contributed by atoms with E-state index in [1.807, 2.05) is 12.1 Å². The van der Waals surface area contributed by atoms with Gasteiger partial charge in [0.05, 0.1) is 0 Å². The van der Waals surface area contributed by atoms with Crippen molar-refractivity contribution in [3.05, 3.63) is 83.9 Å². The van der Waals surface area contributed by atoms with Crippen LogP contribution in [0.1, 0.15) is 50.7 Å². The molecule has 0 aliphatic rings. The number of hydrogen-bond acceptors (Lipinski definition) is 1. The van der Waals surface area contributed by atoms with Gasteiger partial charge in [-0.25, -0.2) is 0 Å². The van der Waals surface area contributed by atoms with Crippen molar-refractivity contribution in [3.8, 4) is 0 Å². The molecule has 0 heterocycles. The number of ether oxygens (including phenoxy) is 1.